The molecule has 1 aromatic heterocycles. The lowest BCUT2D eigenvalue weighted by Crippen LogP contribution is -2.44. The second-order valence-electron chi connectivity index (χ2n) is 6.06. The number of aromatic carboxylic acids is 1. The van der Waals surface area contributed by atoms with Crippen LogP contribution in [0.1, 0.15) is 45.1 Å². The van der Waals surface area contributed by atoms with E-state index in [9.17, 15) is 9.59 Å². The van der Waals surface area contributed by atoms with Gasteiger partial charge >= 0.3 is 5.97 Å². The van der Waals surface area contributed by atoms with Crippen molar-refractivity contribution in [2.75, 3.05) is 12.3 Å². The normalized spacial score (nSPS) is 20.3. The fraction of sp³-hybridized carbons (Fsp3) is 0.316. The Bertz CT molecular complexity index is 795. The Morgan fingerprint density at radius 3 is 2.56 bits per heavy atom. The summed E-state index contributed by atoms with van der Waals surface area (Å²) < 4.78 is 0. The summed E-state index contributed by atoms with van der Waals surface area (Å²) in [6, 6.07) is 13.0. The molecular formula is C19H20N2O3S. The number of amides is 1. The first-order chi connectivity index (χ1) is 12.0. The number of nitrogens with zero attached hydrogens (tertiary/aromatic N) is 2. The van der Waals surface area contributed by atoms with Gasteiger partial charge in [-0.2, -0.15) is 11.8 Å². The second kappa shape index (κ2) is 7.27. The minimum Gasteiger partial charge on any atom is -0.478 e. The van der Waals surface area contributed by atoms with Crippen molar-refractivity contribution in [2.45, 2.75) is 25.1 Å². The Kier molecular flexibility index (Phi) is 5.08. The van der Waals surface area contributed by atoms with E-state index >= 15 is 0 Å². The third kappa shape index (κ3) is 3.54. The van der Waals surface area contributed by atoms with Crippen LogP contribution in [0.25, 0.3) is 0 Å². The molecule has 0 radical (unpaired) electrons. The van der Waals surface area contributed by atoms with Gasteiger partial charge in [0, 0.05) is 17.5 Å². The summed E-state index contributed by atoms with van der Waals surface area (Å²) in [4.78, 5) is 30.3. The van der Waals surface area contributed by atoms with E-state index in [-0.39, 0.29) is 22.8 Å². The Morgan fingerprint density at radius 1 is 1.20 bits per heavy atom. The van der Waals surface area contributed by atoms with Crippen LogP contribution >= 0.6 is 11.8 Å². The van der Waals surface area contributed by atoms with Crippen molar-refractivity contribution in [3.63, 3.8) is 0 Å². The van der Waals surface area contributed by atoms with E-state index in [1.54, 1.807) is 6.92 Å². The monoisotopic (exact) mass is 356 g/mol. The molecule has 3 rings (SSSR count). The topological polar surface area (TPSA) is 70.5 Å². The quantitative estimate of drug-likeness (QED) is 0.913. The number of carboxylic acids is 1. The molecule has 1 aliphatic heterocycles. The molecule has 1 saturated heterocycles. The van der Waals surface area contributed by atoms with Gasteiger partial charge in [-0.25, -0.2) is 9.78 Å². The molecule has 1 fully saturated rings. The van der Waals surface area contributed by atoms with Crippen LogP contribution in [0.3, 0.4) is 0 Å². The molecule has 130 valence electrons. The van der Waals surface area contributed by atoms with Crippen LogP contribution in [0.2, 0.25) is 0 Å². The molecule has 1 aromatic carbocycles. The first-order valence-electron chi connectivity index (χ1n) is 8.17. The van der Waals surface area contributed by atoms with Crippen LogP contribution in [0, 0.1) is 6.92 Å². The van der Waals surface area contributed by atoms with Gasteiger partial charge in [0.15, 0.2) is 0 Å². The summed E-state index contributed by atoms with van der Waals surface area (Å²) in [7, 11) is 0. The zero-order valence-electron chi connectivity index (χ0n) is 14.2. The standard InChI is InChI=1S/C19H20N2O3S/c1-12-15(19(23)24)8-9-16(20-12)18(22)21-10-11-25-13(2)17(21)14-6-4-3-5-7-14/h3-9,13,17H,10-11H2,1-2H3,(H,23,24). The number of aryl methyl sites for hydroxylation is 1. The molecule has 0 bridgehead atoms. The SMILES string of the molecule is Cc1nc(C(=O)N2CCSC(C)C2c2ccccc2)ccc1C(=O)O. The first-order valence-corrected chi connectivity index (χ1v) is 9.22. The number of pyridine rings is 1. The van der Waals surface area contributed by atoms with E-state index < -0.39 is 5.97 Å². The molecule has 2 atom stereocenters. The number of carboxylic acid groups (broad SMARTS) is 1. The molecule has 25 heavy (non-hydrogen) atoms. The smallest absolute Gasteiger partial charge is 0.337 e. The minimum absolute atomic E-state index is 0.0197. The number of rotatable bonds is 3. The van der Waals surface area contributed by atoms with Crippen molar-refractivity contribution in [1.29, 1.82) is 0 Å². The van der Waals surface area contributed by atoms with Gasteiger partial charge in [-0.3, -0.25) is 4.79 Å². The Morgan fingerprint density at radius 2 is 1.92 bits per heavy atom. The van der Waals surface area contributed by atoms with Crippen LogP contribution in [-0.2, 0) is 0 Å². The van der Waals surface area contributed by atoms with Gasteiger partial charge in [0.1, 0.15) is 5.69 Å². The summed E-state index contributed by atoms with van der Waals surface area (Å²) in [5.41, 5.74) is 1.88. The second-order valence-corrected chi connectivity index (χ2v) is 7.55. The average Bonchev–Trinajstić information content (AvgIpc) is 2.61. The minimum atomic E-state index is -1.03. The third-order valence-corrected chi connectivity index (χ3v) is 5.63. The number of hydrogen-bond donors (Lipinski definition) is 1. The number of aromatic nitrogens is 1. The van der Waals surface area contributed by atoms with Crippen molar-refractivity contribution >= 4 is 23.6 Å². The molecule has 2 heterocycles. The maximum absolute atomic E-state index is 13.1. The molecule has 0 spiro atoms. The van der Waals surface area contributed by atoms with E-state index in [0.717, 1.165) is 11.3 Å². The Balaban J connectivity index is 1.94. The van der Waals surface area contributed by atoms with Crippen molar-refractivity contribution in [3.05, 3.63) is 65.0 Å². The van der Waals surface area contributed by atoms with Gasteiger partial charge < -0.3 is 10.0 Å². The van der Waals surface area contributed by atoms with Crippen molar-refractivity contribution in [2.24, 2.45) is 0 Å². The molecule has 1 aliphatic rings. The predicted molar refractivity (Wildman–Crippen MR) is 98.1 cm³/mol. The Labute approximate surface area is 151 Å². The Hall–Kier alpha value is -2.34. The lowest BCUT2D eigenvalue weighted by molar-refractivity contribution is 0.0666. The van der Waals surface area contributed by atoms with E-state index in [1.807, 2.05) is 47.0 Å². The van der Waals surface area contributed by atoms with Crippen LogP contribution in [-0.4, -0.2) is 44.4 Å². The number of hydrogen-bond acceptors (Lipinski definition) is 4. The zero-order chi connectivity index (χ0) is 18.0. The highest BCUT2D eigenvalue weighted by Gasteiger charge is 2.34. The lowest BCUT2D eigenvalue weighted by Gasteiger charge is -2.39. The van der Waals surface area contributed by atoms with E-state index in [2.05, 4.69) is 11.9 Å². The lowest BCUT2D eigenvalue weighted by atomic mass is 10.0. The maximum atomic E-state index is 13.1. The predicted octanol–water partition coefficient (Wildman–Crippen LogP) is 3.41. The number of carbonyl (C=O) groups excluding carboxylic acids is 1. The highest BCUT2D eigenvalue weighted by molar-refractivity contribution is 8.00. The fourth-order valence-corrected chi connectivity index (χ4v) is 4.36. The fourth-order valence-electron chi connectivity index (χ4n) is 3.20. The summed E-state index contributed by atoms with van der Waals surface area (Å²) >= 11 is 1.85. The highest BCUT2D eigenvalue weighted by Crippen LogP contribution is 2.36. The molecular weight excluding hydrogens is 336 g/mol. The largest absolute Gasteiger partial charge is 0.478 e. The van der Waals surface area contributed by atoms with Gasteiger partial charge in [-0.1, -0.05) is 37.3 Å². The number of benzene rings is 1. The average molecular weight is 356 g/mol. The highest BCUT2D eigenvalue weighted by atomic mass is 32.2. The molecule has 2 aromatic rings. The van der Waals surface area contributed by atoms with Gasteiger partial charge in [-0.05, 0) is 24.6 Å². The summed E-state index contributed by atoms with van der Waals surface area (Å²) in [5.74, 6) is -0.308. The molecule has 1 amide bonds. The van der Waals surface area contributed by atoms with E-state index in [4.69, 9.17) is 5.11 Å². The van der Waals surface area contributed by atoms with Crippen molar-refractivity contribution in [3.8, 4) is 0 Å². The van der Waals surface area contributed by atoms with E-state index in [0.29, 0.717) is 17.9 Å². The van der Waals surface area contributed by atoms with Crippen LogP contribution in [0.15, 0.2) is 42.5 Å². The molecule has 2 unspecified atom stereocenters. The summed E-state index contributed by atoms with van der Waals surface area (Å²) in [5, 5.41) is 9.41. The maximum Gasteiger partial charge on any atom is 0.337 e. The van der Waals surface area contributed by atoms with Gasteiger partial charge in [0.05, 0.1) is 17.3 Å². The number of carbonyl (C=O) groups is 2. The molecule has 0 aliphatic carbocycles. The van der Waals surface area contributed by atoms with Gasteiger partial charge in [-0.15, -0.1) is 0 Å². The van der Waals surface area contributed by atoms with Crippen LogP contribution in [0.5, 0.6) is 0 Å². The first kappa shape index (κ1) is 17.5. The number of thioether (sulfide) groups is 1. The van der Waals surface area contributed by atoms with Crippen LogP contribution < -0.4 is 0 Å². The summed E-state index contributed by atoms with van der Waals surface area (Å²) in [6.07, 6.45) is 0. The molecule has 6 heteroatoms. The molecule has 0 saturated carbocycles. The van der Waals surface area contributed by atoms with Crippen molar-refractivity contribution < 1.29 is 14.7 Å². The van der Waals surface area contributed by atoms with Gasteiger partial charge in [0.2, 0.25) is 0 Å². The van der Waals surface area contributed by atoms with Crippen LogP contribution in [0.4, 0.5) is 0 Å². The molecule has 5 nitrogen and oxygen atoms in total. The summed E-state index contributed by atoms with van der Waals surface area (Å²) in [6.45, 7) is 4.40. The third-order valence-electron chi connectivity index (χ3n) is 4.43. The van der Waals surface area contributed by atoms with E-state index in [1.165, 1.54) is 12.1 Å². The van der Waals surface area contributed by atoms with Crippen molar-refractivity contribution in [1.82, 2.24) is 9.88 Å². The molecule has 1 N–H and O–H groups in total. The zero-order valence-corrected chi connectivity index (χ0v) is 15.0. The van der Waals surface area contributed by atoms with Gasteiger partial charge in [0.25, 0.3) is 5.91 Å².